The molecule has 2 rings (SSSR count). The molecule has 0 aromatic rings. The Hall–Kier alpha value is -1.20. The van der Waals surface area contributed by atoms with Gasteiger partial charge in [-0.25, -0.2) is 4.39 Å². The average molecular weight is 268 g/mol. The largest absolute Gasteiger partial charge is 0.384 e. The van der Waals surface area contributed by atoms with Crippen molar-refractivity contribution in [1.82, 2.24) is 10.6 Å². The molecular formula is C14H21FN2O2. The van der Waals surface area contributed by atoms with E-state index in [9.17, 15) is 9.18 Å². The standard InChI is InChI=1S/C14H21FN2O2/c1-4-10(9(2)15)7-16-13(18)11-5-14(8-19-3)6-12(14)17-11/h4,11-12,17H,2,5-8H2,1,3H3,(H,16,18). The monoisotopic (exact) mass is 268 g/mol. The van der Waals surface area contributed by atoms with Gasteiger partial charge < -0.3 is 15.4 Å². The predicted molar refractivity (Wildman–Crippen MR) is 71.3 cm³/mol. The first-order valence-corrected chi connectivity index (χ1v) is 6.55. The average Bonchev–Trinajstić information content (AvgIpc) is 2.90. The fourth-order valence-corrected chi connectivity index (χ4v) is 2.85. The molecule has 5 heteroatoms. The minimum atomic E-state index is -0.499. The second kappa shape index (κ2) is 5.43. The number of nitrogens with one attached hydrogen (secondary N) is 2. The molecule has 2 fully saturated rings. The molecule has 1 saturated carbocycles. The van der Waals surface area contributed by atoms with Crippen molar-refractivity contribution in [3.63, 3.8) is 0 Å². The fourth-order valence-electron chi connectivity index (χ4n) is 2.85. The highest BCUT2D eigenvalue weighted by molar-refractivity contribution is 5.83. The number of hydrogen-bond donors (Lipinski definition) is 2. The molecule has 0 spiro atoms. The lowest BCUT2D eigenvalue weighted by Gasteiger charge is -2.16. The number of amides is 1. The number of allylic oxidation sites excluding steroid dienone is 1. The van der Waals surface area contributed by atoms with Crippen LogP contribution in [0, 0.1) is 5.41 Å². The lowest BCUT2D eigenvalue weighted by Crippen LogP contribution is -2.43. The van der Waals surface area contributed by atoms with Crippen molar-refractivity contribution in [3.05, 3.63) is 24.1 Å². The zero-order valence-corrected chi connectivity index (χ0v) is 11.5. The maximum absolute atomic E-state index is 13.0. The minimum absolute atomic E-state index is 0.0803. The summed E-state index contributed by atoms with van der Waals surface area (Å²) in [6.45, 7) is 5.84. The highest BCUT2D eigenvalue weighted by Gasteiger charge is 2.61. The first-order chi connectivity index (χ1) is 9.02. The maximum atomic E-state index is 13.0. The van der Waals surface area contributed by atoms with Gasteiger partial charge in [0.25, 0.3) is 0 Å². The van der Waals surface area contributed by atoms with Crippen molar-refractivity contribution in [1.29, 1.82) is 0 Å². The van der Waals surface area contributed by atoms with Crippen LogP contribution in [0.5, 0.6) is 0 Å². The van der Waals surface area contributed by atoms with Crippen molar-refractivity contribution < 1.29 is 13.9 Å². The van der Waals surface area contributed by atoms with E-state index in [-0.39, 0.29) is 23.9 Å². The van der Waals surface area contributed by atoms with Crippen molar-refractivity contribution in [2.24, 2.45) is 5.41 Å². The Morgan fingerprint density at radius 2 is 2.37 bits per heavy atom. The molecular weight excluding hydrogens is 247 g/mol. The number of hydrogen-bond acceptors (Lipinski definition) is 3. The molecule has 3 atom stereocenters. The highest BCUT2D eigenvalue weighted by atomic mass is 19.1. The van der Waals surface area contributed by atoms with E-state index in [1.807, 2.05) is 0 Å². The van der Waals surface area contributed by atoms with E-state index in [0.29, 0.717) is 18.2 Å². The number of ether oxygens (including phenoxy) is 1. The molecule has 3 unspecified atom stereocenters. The van der Waals surface area contributed by atoms with Crippen LogP contribution in [0.4, 0.5) is 4.39 Å². The summed E-state index contributed by atoms with van der Waals surface area (Å²) in [5, 5.41) is 6.04. The van der Waals surface area contributed by atoms with Crippen LogP contribution in [0.25, 0.3) is 0 Å². The van der Waals surface area contributed by atoms with Crippen LogP contribution in [0.1, 0.15) is 19.8 Å². The summed E-state index contributed by atoms with van der Waals surface area (Å²) >= 11 is 0. The second-order valence-electron chi connectivity index (χ2n) is 5.41. The highest BCUT2D eigenvalue weighted by Crippen LogP contribution is 2.54. The van der Waals surface area contributed by atoms with Crippen molar-refractivity contribution in [3.8, 4) is 0 Å². The number of fused-ring (bicyclic) bond motifs is 1. The molecule has 2 N–H and O–H groups in total. The minimum Gasteiger partial charge on any atom is -0.384 e. The van der Waals surface area contributed by atoms with Gasteiger partial charge in [-0.05, 0) is 19.8 Å². The van der Waals surface area contributed by atoms with Crippen molar-refractivity contribution >= 4 is 5.91 Å². The third-order valence-corrected chi connectivity index (χ3v) is 4.10. The van der Waals surface area contributed by atoms with Gasteiger partial charge in [-0.3, -0.25) is 4.79 Å². The van der Waals surface area contributed by atoms with Crippen LogP contribution >= 0.6 is 0 Å². The molecule has 1 saturated heterocycles. The van der Waals surface area contributed by atoms with Crippen molar-refractivity contribution in [2.45, 2.75) is 31.8 Å². The van der Waals surface area contributed by atoms with Gasteiger partial charge in [0.2, 0.25) is 5.91 Å². The number of carbonyl (C=O) groups excluding carboxylic acids is 1. The van der Waals surface area contributed by atoms with E-state index in [1.54, 1.807) is 20.1 Å². The zero-order valence-electron chi connectivity index (χ0n) is 11.5. The lowest BCUT2D eigenvalue weighted by molar-refractivity contribution is -0.123. The fraction of sp³-hybridized carbons (Fsp3) is 0.643. The van der Waals surface area contributed by atoms with Crippen molar-refractivity contribution in [2.75, 3.05) is 20.3 Å². The van der Waals surface area contributed by atoms with E-state index in [0.717, 1.165) is 12.8 Å². The molecule has 4 nitrogen and oxygen atoms in total. The molecule has 1 aliphatic heterocycles. The summed E-state index contributed by atoms with van der Waals surface area (Å²) in [5.41, 5.74) is 0.562. The summed E-state index contributed by atoms with van der Waals surface area (Å²) in [6.07, 6.45) is 3.49. The Kier molecular flexibility index (Phi) is 4.06. The summed E-state index contributed by atoms with van der Waals surface area (Å²) in [7, 11) is 1.68. The number of piperidine rings is 1. The Balaban J connectivity index is 1.81. The quantitative estimate of drug-likeness (QED) is 0.714. The predicted octanol–water partition coefficient (Wildman–Crippen LogP) is 1.30. The molecule has 0 radical (unpaired) electrons. The summed E-state index contributed by atoms with van der Waals surface area (Å²) in [5.74, 6) is -0.579. The maximum Gasteiger partial charge on any atom is 0.237 e. The van der Waals surface area contributed by atoms with Crippen LogP contribution in [0.15, 0.2) is 24.1 Å². The SMILES string of the molecule is C=C(F)C(=CC)CNC(=O)C1CC2(COC)CC2N1. The second-order valence-corrected chi connectivity index (χ2v) is 5.41. The Morgan fingerprint density at radius 1 is 1.63 bits per heavy atom. The van der Waals surface area contributed by atoms with E-state index in [2.05, 4.69) is 17.2 Å². The van der Waals surface area contributed by atoms with E-state index < -0.39 is 5.83 Å². The van der Waals surface area contributed by atoms with Crippen LogP contribution in [-0.2, 0) is 9.53 Å². The first-order valence-electron chi connectivity index (χ1n) is 6.55. The van der Waals surface area contributed by atoms with Gasteiger partial charge in [0, 0.05) is 30.7 Å². The molecule has 1 heterocycles. The molecule has 106 valence electrons. The van der Waals surface area contributed by atoms with Gasteiger partial charge >= 0.3 is 0 Å². The van der Waals surface area contributed by atoms with E-state index in [1.165, 1.54) is 0 Å². The number of rotatable bonds is 6. The molecule has 0 aromatic heterocycles. The zero-order chi connectivity index (χ0) is 14.0. The van der Waals surface area contributed by atoms with Crippen LogP contribution in [-0.4, -0.2) is 38.3 Å². The lowest BCUT2D eigenvalue weighted by atomic mass is 10.0. The van der Waals surface area contributed by atoms with Gasteiger partial charge in [-0.1, -0.05) is 12.7 Å². The number of halogens is 1. The van der Waals surface area contributed by atoms with Gasteiger partial charge in [-0.15, -0.1) is 0 Å². The van der Waals surface area contributed by atoms with Gasteiger partial charge in [0.05, 0.1) is 12.6 Å². The molecule has 1 amide bonds. The normalized spacial score (nSPS) is 32.9. The third-order valence-electron chi connectivity index (χ3n) is 4.10. The smallest absolute Gasteiger partial charge is 0.237 e. The van der Waals surface area contributed by atoms with Crippen LogP contribution in [0.2, 0.25) is 0 Å². The van der Waals surface area contributed by atoms with E-state index in [4.69, 9.17) is 4.74 Å². The summed E-state index contributed by atoms with van der Waals surface area (Å²) < 4.78 is 18.2. The summed E-state index contributed by atoms with van der Waals surface area (Å²) in [6, 6.07) is 0.195. The topological polar surface area (TPSA) is 50.4 Å². The first kappa shape index (κ1) is 14.2. The Bertz CT molecular complexity index is 422. The van der Waals surface area contributed by atoms with Gasteiger partial charge in [-0.2, -0.15) is 0 Å². The molecule has 0 aromatic carbocycles. The summed E-state index contributed by atoms with van der Waals surface area (Å²) in [4.78, 5) is 12.0. The van der Waals surface area contributed by atoms with E-state index >= 15 is 0 Å². The molecule has 19 heavy (non-hydrogen) atoms. The van der Waals surface area contributed by atoms with Gasteiger partial charge in [0.1, 0.15) is 5.83 Å². The Labute approximate surface area is 113 Å². The molecule has 0 bridgehead atoms. The molecule has 2 aliphatic rings. The van der Waals surface area contributed by atoms with Crippen LogP contribution < -0.4 is 10.6 Å². The number of methoxy groups -OCH3 is 1. The Morgan fingerprint density at radius 3 is 2.95 bits per heavy atom. The van der Waals surface area contributed by atoms with Gasteiger partial charge in [0.15, 0.2) is 0 Å². The number of carbonyl (C=O) groups is 1. The third kappa shape index (κ3) is 2.87. The molecule has 1 aliphatic carbocycles. The van der Waals surface area contributed by atoms with Crippen LogP contribution in [0.3, 0.4) is 0 Å².